The Hall–Kier alpha value is -1.64. The third-order valence-corrected chi connectivity index (χ3v) is 5.78. The smallest absolute Gasteiger partial charge is 0.201 e. The van der Waals surface area contributed by atoms with E-state index in [1.165, 1.54) is 55.2 Å². The molecule has 1 atom stereocenters. The number of hydrogen-bond acceptors (Lipinski definition) is 2. The Morgan fingerprint density at radius 2 is 1.39 bits per heavy atom. The summed E-state index contributed by atoms with van der Waals surface area (Å²) < 4.78 is 12.3. The van der Waals surface area contributed by atoms with Crippen molar-refractivity contribution in [3.8, 4) is 0 Å². The summed E-state index contributed by atoms with van der Waals surface area (Å²) in [6.45, 7) is 6.54. The van der Waals surface area contributed by atoms with E-state index in [0.717, 1.165) is 12.0 Å². The van der Waals surface area contributed by atoms with Crippen LogP contribution in [0.5, 0.6) is 0 Å². The first-order valence-electron chi connectivity index (χ1n) is 10.8. The molecule has 2 heteroatoms. The molecule has 154 valence electrons. The van der Waals surface area contributed by atoms with Crippen LogP contribution in [0, 0.1) is 13.8 Å². The van der Waals surface area contributed by atoms with Gasteiger partial charge in [0.15, 0.2) is 0 Å². The first kappa shape index (κ1) is 22.6. The number of benzene rings is 2. The van der Waals surface area contributed by atoms with E-state index < -0.39 is 5.79 Å². The lowest BCUT2D eigenvalue weighted by molar-refractivity contribution is -0.233. The normalized spacial score (nSPS) is 12.9. The van der Waals surface area contributed by atoms with Gasteiger partial charge in [0.2, 0.25) is 5.79 Å². The largest absolute Gasteiger partial charge is 0.349 e. The standard InChI is InChI=1S/C26H38O2/c1-6-7-8-9-10-11-18-25(23-16-12-14-21(2)19-23)26(27-4,28-5)24-17-13-15-22(3)20-24/h12-17,19-20,25H,6-11,18H2,1-5H3. The highest BCUT2D eigenvalue weighted by Crippen LogP contribution is 2.44. The van der Waals surface area contributed by atoms with E-state index in [9.17, 15) is 0 Å². The second kappa shape index (κ2) is 11.4. The molecule has 0 aliphatic carbocycles. The molecular weight excluding hydrogens is 344 g/mol. The topological polar surface area (TPSA) is 18.5 Å². The summed E-state index contributed by atoms with van der Waals surface area (Å²) >= 11 is 0. The van der Waals surface area contributed by atoms with Gasteiger partial charge in [0, 0.05) is 25.7 Å². The van der Waals surface area contributed by atoms with E-state index in [1.54, 1.807) is 14.2 Å². The Bertz CT molecular complexity index is 703. The SMILES string of the molecule is CCCCCCCCC(c1cccc(C)c1)C(OC)(OC)c1cccc(C)c1. The van der Waals surface area contributed by atoms with Crippen molar-refractivity contribution in [1.29, 1.82) is 0 Å². The molecule has 0 spiro atoms. The molecule has 0 amide bonds. The van der Waals surface area contributed by atoms with E-state index in [0.29, 0.717) is 0 Å². The van der Waals surface area contributed by atoms with Gasteiger partial charge < -0.3 is 9.47 Å². The molecular formula is C26H38O2. The average molecular weight is 383 g/mol. The van der Waals surface area contributed by atoms with Crippen LogP contribution in [0.1, 0.15) is 80.0 Å². The molecule has 0 saturated carbocycles. The number of aryl methyl sites for hydroxylation is 2. The highest BCUT2D eigenvalue weighted by molar-refractivity contribution is 5.33. The fourth-order valence-corrected chi connectivity index (χ4v) is 4.26. The molecule has 0 bridgehead atoms. The van der Waals surface area contributed by atoms with Crippen LogP contribution in [0.2, 0.25) is 0 Å². The van der Waals surface area contributed by atoms with Gasteiger partial charge >= 0.3 is 0 Å². The van der Waals surface area contributed by atoms with Gasteiger partial charge in [-0.2, -0.15) is 0 Å². The van der Waals surface area contributed by atoms with Crippen molar-refractivity contribution in [3.05, 3.63) is 70.8 Å². The fourth-order valence-electron chi connectivity index (χ4n) is 4.26. The molecule has 2 nitrogen and oxygen atoms in total. The van der Waals surface area contributed by atoms with Gasteiger partial charge in [-0.05, 0) is 25.8 Å². The maximum Gasteiger partial charge on any atom is 0.201 e. The lowest BCUT2D eigenvalue weighted by Crippen LogP contribution is -2.38. The lowest BCUT2D eigenvalue weighted by Gasteiger charge is -2.39. The zero-order valence-corrected chi connectivity index (χ0v) is 18.5. The molecule has 0 radical (unpaired) electrons. The van der Waals surface area contributed by atoms with E-state index in [-0.39, 0.29) is 5.92 Å². The highest BCUT2D eigenvalue weighted by Gasteiger charge is 2.42. The Balaban J connectivity index is 2.33. The van der Waals surface area contributed by atoms with Crippen LogP contribution in [-0.4, -0.2) is 14.2 Å². The quantitative estimate of drug-likeness (QED) is 0.283. The Labute approximate surface area is 172 Å². The van der Waals surface area contributed by atoms with E-state index in [2.05, 4.69) is 69.3 Å². The van der Waals surface area contributed by atoms with Crippen LogP contribution >= 0.6 is 0 Å². The third-order valence-electron chi connectivity index (χ3n) is 5.78. The average Bonchev–Trinajstić information content (AvgIpc) is 2.70. The van der Waals surface area contributed by atoms with Crippen molar-refractivity contribution in [2.75, 3.05) is 14.2 Å². The highest BCUT2D eigenvalue weighted by atomic mass is 16.7. The minimum atomic E-state index is -0.775. The molecule has 0 fully saturated rings. The molecule has 0 aliphatic rings. The van der Waals surface area contributed by atoms with Crippen molar-refractivity contribution >= 4 is 0 Å². The van der Waals surface area contributed by atoms with Gasteiger partial charge in [-0.25, -0.2) is 0 Å². The van der Waals surface area contributed by atoms with Gasteiger partial charge in [-0.3, -0.25) is 0 Å². The fraction of sp³-hybridized carbons (Fsp3) is 0.538. The van der Waals surface area contributed by atoms with Gasteiger partial charge in [-0.1, -0.05) is 105 Å². The zero-order valence-electron chi connectivity index (χ0n) is 18.5. The van der Waals surface area contributed by atoms with Crippen molar-refractivity contribution in [3.63, 3.8) is 0 Å². The van der Waals surface area contributed by atoms with Crippen LogP contribution in [0.3, 0.4) is 0 Å². The van der Waals surface area contributed by atoms with Crippen molar-refractivity contribution < 1.29 is 9.47 Å². The maximum absolute atomic E-state index is 6.16. The summed E-state index contributed by atoms with van der Waals surface area (Å²) in [6.07, 6.45) is 8.77. The van der Waals surface area contributed by atoms with Gasteiger partial charge in [0.05, 0.1) is 0 Å². The summed E-state index contributed by atoms with van der Waals surface area (Å²) in [5, 5.41) is 0. The molecule has 0 N–H and O–H groups in total. The second-order valence-corrected chi connectivity index (χ2v) is 7.97. The van der Waals surface area contributed by atoms with Crippen molar-refractivity contribution in [2.24, 2.45) is 0 Å². The van der Waals surface area contributed by atoms with Crippen molar-refractivity contribution in [1.82, 2.24) is 0 Å². The predicted molar refractivity (Wildman–Crippen MR) is 119 cm³/mol. The maximum atomic E-state index is 6.16. The van der Waals surface area contributed by atoms with Crippen LogP contribution in [0.4, 0.5) is 0 Å². The molecule has 0 aromatic heterocycles. The van der Waals surface area contributed by atoms with Gasteiger partial charge in [0.25, 0.3) is 0 Å². The van der Waals surface area contributed by atoms with Crippen LogP contribution in [-0.2, 0) is 15.3 Å². The summed E-state index contributed by atoms with van der Waals surface area (Å²) in [4.78, 5) is 0. The molecule has 28 heavy (non-hydrogen) atoms. The second-order valence-electron chi connectivity index (χ2n) is 7.97. The third kappa shape index (κ3) is 5.68. The number of rotatable bonds is 12. The number of ether oxygens (including phenoxy) is 2. The first-order chi connectivity index (χ1) is 13.6. The summed E-state index contributed by atoms with van der Waals surface area (Å²) in [5.41, 5.74) is 4.88. The van der Waals surface area contributed by atoms with Crippen LogP contribution < -0.4 is 0 Å². The monoisotopic (exact) mass is 382 g/mol. The number of hydrogen-bond donors (Lipinski definition) is 0. The van der Waals surface area contributed by atoms with E-state index in [1.807, 2.05) is 0 Å². The number of methoxy groups -OCH3 is 2. The summed E-state index contributed by atoms with van der Waals surface area (Å²) in [5.74, 6) is -0.626. The lowest BCUT2D eigenvalue weighted by atomic mass is 9.81. The zero-order chi connectivity index (χ0) is 20.4. The Morgan fingerprint density at radius 3 is 2.00 bits per heavy atom. The van der Waals surface area contributed by atoms with Gasteiger partial charge in [0.1, 0.15) is 0 Å². The molecule has 2 aromatic rings. The molecule has 0 aliphatic heterocycles. The molecule has 0 saturated heterocycles. The first-order valence-corrected chi connectivity index (χ1v) is 10.8. The molecule has 0 heterocycles. The molecule has 2 aromatic carbocycles. The van der Waals surface area contributed by atoms with E-state index >= 15 is 0 Å². The minimum absolute atomic E-state index is 0.148. The van der Waals surface area contributed by atoms with Crippen LogP contribution in [0.15, 0.2) is 48.5 Å². The van der Waals surface area contributed by atoms with Gasteiger partial charge in [-0.15, -0.1) is 0 Å². The van der Waals surface area contributed by atoms with Crippen molar-refractivity contribution in [2.45, 2.75) is 77.4 Å². The predicted octanol–water partition coefficient (Wildman–Crippen LogP) is 7.28. The Morgan fingerprint density at radius 1 is 0.786 bits per heavy atom. The van der Waals surface area contributed by atoms with Crippen LogP contribution in [0.25, 0.3) is 0 Å². The Kier molecular flexibility index (Phi) is 9.21. The minimum Gasteiger partial charge on any atom is -0.349 e. The summed E-state index contributed by atoms with van der Waals surface area (Å²) in [7, 11) is 3.55. The van der Waals surface area contributed by atoms with E-state index in [4.69, 9.17) is 9.47 Å². The molecule has 1 unspecified atom stereocenters. The number of unbranched alkanes of at least 4 members (excludes halogenated alkanes) is 5. The summed E-state index contributed by atoms with van der Waals surface area (Å²) in [6, 6.07) is 17.3. The molecule has 2 rings (SSSR count).